The van der Waals surface area contributed by atoms with Gasteiger partial charge in [-0.15, -0.1) is 0 Å². The maximum atomic E-state index is 3.64. The Labute approximate surface area is 88.7 Å². The quantitative estimate of drug-likeness (QED) is 0.664. The molecule has 2 fully saturated rings. The monoisotopic (exact) mass is 195 g/mol. The van der Waals surface area contributed by atoms with E-state index >= 15 is 0 Å². The Kier molecular flexibility index (Phi) is 3.86. The van der Waals surface area contributed by atoms with Gasteiger partial charge in [-0.3, -0.25) is 0 Å². The topological polar surface area (TPSA) is 12.0 Å². The van der Waals surface area contributed by atoms with Crippen molar-refractivity contribution in [1.29, 1.82) is 0 Å². The van der Waals surface area contributed by atoms with E-state index in [1.54, 1.807) is 0 Å². The van der Waals surface area contributed by atoms with Gasteiger partial charge in [0.05, 0.1) is 0 Å². The van der Waals surface area contributed by atoms with Gasteiger partial charge in [-0.05, 0) is 50.1 Å². The summed E-state index contributed by atoms with van der Waals surface area (Å²) in [5.74, 6) is 3.08. The van der Waals surface area contributed by atoms with Crippen molar-refractivity contribution in [2.24, 2.45) is 17.8 Å². The van der Waals surface area contributed by atoms with E-state index in [0.717, 1.165) is 17.8 Å². The minimum atomic E-state index is 0.991. The van der Waals surface area contributed by atoms with E-state index in [1.807, 2.05) is 0 Å². The van der Waals surface area contributed by atoms with Crippen LogP contribution in [0.4, 0.5) is 0 Å². The SMILES string of the molecule is CC1CCC(CNCCC2CC2)CC1. The zero-order chi connectivity index (χ0) is 9.80. The normalized spacial score (nSPS) is 33.2. The number of hydrogen-bond acceptors (Lipinski definition) is 1. The highest BCUT2D eigenvalue weighted by atomic mass is 14.9. The van der Waals surface area contributed by atoms with Crippen LogP contribution in [0.1, 0.15) is 51.9 Å². The largest absolute Gasteiger partial charge is 0.316 e. The van der Waals surface area contributed by atoms with Gasteiger partial charge < -0.3 is 5.32 Å². The highest BCUT2D eigenvalue weighted by molar-refractivity contribution is 4.75. The first kappa shape index (κ1) is 10.5. The minimum absolute atomic E-state index is 0.991. The van der Waals surface area contributed by atoms with Gasteiger partial charge in [0, 0.05) is 0 Å². The molecule has 0 unspecified atom stereocenters. The van der Waals surface area contributed by atoms with Crippen LogP contribution >= 0.6 is 0 Å². The molecule has 0 amide bonds. The lowest BCUT2D eigenvalue weighted by Crippen LogP contribution is -2.26. The third-order valence-electron chi connectivity index (χ3n) is 3.99. The van der Waals surface area contributed by atoms with E-state index in [1.165, 1.54) is 58.0 Å². The van der Waals surface area contributed by atoms with Crippen LogP contribution in [0, 0.1) is 17.8 Å². The third-order valence-corrected chi connectivity index (χ3v) is 3.99. The molecule has 0 atom stereocenters. The zero-order valence-corrected chi connectivity index (χ0v) is 9.60. The standard InChI is InChI=1S/C13H25N/c1-11-2-4-13(5-3-11)10-14-9-8-12-6-7-12/h11-14H,2-10H2,1H3. The molecule has 0 radical (unpaired) electrons. The Morgan fingerprint density at radius 1 is 0.929 bits per heavy atom. The number of rotatable bonds is 5. The lowest BCUT2D eigenvalue weighted by Gasteiger charge is -2.26. The molecule has 1 nitrogen and oxygen atoms in total. The maximum absolute atomic E-state index is 3.64. The van der Waals surface area contributed by atoms with Gasteiger partial charge in [-0.2, -0.15) is 0 Å². The fourth-order valence-corrected chi connectivity index (χ4v) is 2.55. The molecule has 0 aromatic rings. The first-order chi connectivity index (χ1) is 6.84. The highest BCUT2D eigenvalue weighted by Gasteiger charge is 2.21. The van der Waals surface area contributed by atoms with Gasteiger partial charge in [0.15, 0.2) is 0 Å². The molecule has 0 aliphatic heterocycles. The van der Waals surface area contributed by atoms with Gasteiger partial charge >= 0.3 is 0 Å². The average Bonchev–Trinajstić information content (AvgIpc) is 2.99. The van der Waals surface area contributed by atoms with E-state index in [9.17, 15) is 0 Å². The molecule has 2 saturated carbocycles. The fourth-order valence-electron chi connectivity index (χ4n) is 2.55. The molecule has 2 aliphatic carbocycles. The average molecular weight is 195 g/mol. The van der Waals surface area contributed by atoms with Gasteiger partial charge in [0.25, 0.3) is 0 Å². The second-order valence-electron chi connectivity index (χ2n) is 5.56. The molecule has 0 heterocycles. The molecule has 0 aromatic heterocycles. The van der Waals surface area contributed by atoms with Gasteiger partial charge in [0.1, 0.15) is 0 Å². The minimum Gasteiger partial charge on any atom is -0.316 e. The van der Waals surface area contributed by atoms with Gasteiger partial charge in [-0.25, -0.2) is 0 Å². The fraction of sp³-hybridized carbons (Fsp3) is 1.00. The Balaban J connectivity index is 1.47. The van der Waals surface area contributed by atoms with Crippen LogP contribution < -0.4 is 5.32 Å². The summed E-state index contributed by atoms with van der Waals surface area (Å²) in [4.78, 5) is 0. The molecule has 1 heteroatoms. The Morgan fingerprint density at radius 3 is 2.21 bits per heavy atom. The van der Waals surface area contributed by atoms with Crippen molar-refractivity contribution in [3.63, 3.8) is 0 Å². The molecule has 0 aromatic carbocycles. The van der Waals surface area contributed by atoms with Gasteiger partial charge in [-0.1, -0.05) is 32.6 Å². The lowest BCUT2D eigenvalue weighted by molar-refractivity contribution is 0.281. The summed E-state index contributed by atoms with van der Waals surface area (Å²) in [5.41, 5.74) is 0. The summed E-state index contributed by atoms with van der Waals surface area (Å²) in [6.45, 7) is 4.97. The van der Waals surface area contributed by atoms with E-state index < -0.39 is 0 Å². The zero-order valence-electron chi connectivity index (χ0n) is 9.60. The van der Waals surface area contributed by atoms with Crippen LogP contribution in [-0.2, 0) is 0 Å². The molecular weight excluding hydrogens is 170 g/mol. The number of nitrogens with one attached hydrogen (secondary N) is 1. The molecule has 0 bridgehead atoms. The highest BCUT2D eigenvalue weighted by Crippen LogP contribution is 2.32. The van der Waals surface area contributed by atoms with Crippen molar-refractivity contribution in [3.05, 3.63) is 0 Å². The van der Waals surface area contributed by atoms with Crippen molar-refractivity contribution in [2.45, 2.75) is 51.9 Å². The van der Waals surface area contributed by atoms with Crippen LogP contribution in [-0.4, -0.2) is 13.1 Å². The Hall–Kier alpha value is -0.0400. The van der Waals surface area contributed by atoms with Gasteiger partial charge in [0.2, 0.25) is 0 Å². The molecule has 82 valence electrons. The second kappa shape index (κ2) is 5.16. The van der Waals surface area contributed by atoms with Crippen LogP contribution in [0.5, 0.6) is 0 Å². The lowest BCUT2D eigenvalue weighted by atomic mass is 9.83. The first-order valence-corrected chi connectivity index (χ1v) is 6.55. The smallest absolute Gasteiger partial charge is 0.00205 e. The van der Waals surface area contributed by atoms with Crippen molar-refractivity contribution < 1.29 is 0 Å². The van der Waals surface area contributed by atoms with Crippen LogP contribution in [0.15, 0.2) is 0 Å². The van der Waals surface area contributed by atoms with Crippen molar-refractivity contribution in [1.82, 2.24) is 5.32 Å². The summed E-state index contributed by atoms with van der Waals surface area (Å²) >= 11 is 0. The predicted octanol–water partition coefficient (Wildman–Crippen LogP) is 3.20. The summed E-state index contributed by atoms with van der Waals surface area (Å²) in [5, 5.41) is 3.64. The summed E-state index contributed by atoms with van der Waals surface area (Å²) < 4.78 is 0. The van der Waals surface area contributed by atoms with Crippen LogP contribution in [0.3, 0.4) is 0 Å². The van der Waals surface area contributed by atoms with E-state index in [0.29, 0.717) is 0 Å². The Bertz CT molecular complexity index is 155. The molecular formula is C13H25N. The van der Waals surface area contributed by atoms with Crippen molar-refractivity contribution in [3.8, 4) is 0 Å². The molecule has 2 rings (SSSR count). The molecule has 0 saturated heterocycles. The summed E-state index contributed by atoms with van der Waals surface area (Å²) in [6.07, 6.45) is 10.3. The summed E-state index contributed by atoms with van der Waals surface area (Å²) in [7, 11) is 0. The predicted molar refractivity (Wildman–Crippen MR) is 61.3 cm³/mol. The first-order valence-electron chi connectivity index (χ1n) is 6.55. The molecule has 0 spiro atoms. The second-order valence-corrected chi connectivity index (χ2v) is 5.56. The third kappa shape index (κ3) is 3.61. The summed E-state index contributed by atoms with van der Waals surface area (Å²) in [6, 6.07) is 0. The Morgan fingerprint density at radius 2 is 1.57 bits per heavy atom. The maximum Gasteiger partial charge on any atom is -0.00205 e. The van der Waals surface area contributed by atoms with Crippen LogP contribution in [0.25, 0.3) is 0 Å². The molecule has 14 heavy (non-hydrogen) atoms. The number of hydrogen-bond donors (Lipinski definition) is 1. The van der Waals surface area contributed by atoms with Crippen molar-refractivity contribution >= 4 is 0 Å². The van der Waals surface area contributed by atoms with Crippen molar-refractivity contribution in [2.75, 3.05) is 13.1 Å². The molecule has 2 aliphatic rings. The van der Waals surface area contributed by atoms with E-state index in [2.05, 4.69) is 12.2 Å². The molecule has 1 N–H and O–H groups in total. The van der Waals surface area contributed by atoms with E-state index in [-0.39, 0.29) is 0 Å². The van der Waals surface area contributed by atoms with E-state index in [4.69, 9.17) is 0 Å². The van der Waals surface area contributed by atoms with Crippen LogP contribution in [0.2, 0.25) is 0 Å².